The second-order valence-electron chi connectivity index (χ2n) is 5.13. The van der Waals surface area contributed by atoms with Gasteiger partial charge in [0.1, 0.15) is 0 Å². The van der Waals surface area contributed by atoms with Gasteiger partial charge in [0.15, 0.2) is 6.07 Å². The standard InChI is InChI=1S/C13H19ClN2O5S/c1-20-10(17)5-3-2-4-9-11-8(6-22-9)16(12(18)15-11)13(19)21-7-14/h8-9,11H,2-7H2,1H3,(H,15,18). The molecular formula is C13H19ClN2O5S. The average Bonchev–Trinajstić information content (AvgIpc) is 3.01. The van der Waals surface area contributed by atoms with Gasteiger partial charge in [0.05, 0.1) is 19.2 Å². The van der Waals surface area contributed by atoms with Crippen LogP contribution in [0.25, 0.3) is 0 Å². The molecule has 0 aromatic heterocycles. The van der Waals surface area contributed by atoms with Crippen LogP contribution < -0.4 is 5.32 Å². The van der Waals surface area contributed by atoms with Crippen LogP contribution in [0.4, 0.5) is 9.59 Å². The molecule has 9 heteroatoms. The fraction of sp³-hybridized carbons (Fsp3) is 0.769. The van der Waals surface area contributed by atoms with E-state index in [-0.39, 0.29) is 29.4 Å². The number of rotatable bonds is 6. The van der Waals surface area contributed by atoms with Gasteiger partial charge < -0.3 is 14.8 Å². The van der Waals surface area contributed by atoms with Crippen LogP contribution in [-0.4, -0.2) is 59.3 Å². The molecular weight excluding hydrogens is 332 g/mol. The molecule has 0 spiro atoms. The van der Waals surface area contributed by atoms with E-state index >= 15 is 0 Å². The lowest BCUT2D eigenvalue weighted by Crippen LogP contribution is -2.41. The number of methoxy groups -OCH3 is 1. The van der Waals surface area contributed by atoms with Crippen LogP contribution in [0.15, 0.2) is 0 Å². The van der Waals surface area contributed by atoms with Crippen LogP contribution in [0.2, 0.25) is 0 Å². The summed E-state index contributed by atoms with van der Waals surface area (Å²) in [6.45, 7) is 0. The van der Waals surface area contributed by atoms with E-state index in [9.17, 15) is 14.4 Å². The minimum Gasteiger partial charge on any atom is -0.469 e. The van der Waals surface area contributed by atoms with Crippen molar-refractivity contribution in [1.82, 2.24) is 10.2 Å². The van der Waals surface area contributed by atoms with E-state index in [0.717, 1.165) is 24.2 Å². The molecule has 22 heavy (non-hydrogen) atoms. The number of carbonyl (C=O) groups excluding carboxylic acids is 3. The molecule has 2 aliphatic rings. The molecule has 0 aliphatic carbocycles. The summed E-state index contributed by atoms with van der Waals surface area (Å²) in [7, 11) is 1.38. The lowest BCUT2D eigenvalue weighted by molar-refractivity contribution is -0.140. The van der Waals surface area contributed by atoms with Gasteiger partial charge in [-0.1, -0.05) is 18.0 Å². The zero-order chi connectivity index (χ0) is 16.1. The molecule has 7 nitrogen and oxygen atoms in total. The predicted octanol–water partition coefficient (Wildman–Crippen LogP) is 1.93. The van der Waals surface area contributed by atoms with Gasteiger partial charge in [-0.15, -0.1) is 0 Å². The Bertz CT molecular complexity index is 450. The maximum Gasteiger partial charge on any atom is 0.419 e. The summed E-state index contributed by atoms with van der Waals surface area (Å²) in [5.41, 5.74) is 0. The molecule has 2 aliphatic heterocycles. The van der Waals surface area contributed by atoms with Gasteiger partial charge in [-0.3, -0.25) is 4.79 Å². The molecule has 2 rings (SSSR count). The first-order chi connectivity index (χ1) is 10.6. The largest absolute Gasteiger partial charge is 0.469 e. The molecule has 0 aromatic carbocycles. The molecule has 3 amide bonds. The normalized spacial score (nSPS) is 26.5. The van der Waals surface area contributed by atoms with E-state index in [1.165, 1.54) is 7.11 Å². The highest BCUT2D eigenvalue weighted by molar-refractivity contribution is 8.00. The number of hydrogen-bond donors (Lipinski definition) is 1. The van der Waals surface area contributed by atoms with E-state index in [2.05, 4.69) is 10.1 Å². The second-order valence-corrected chi connectivity index (χ2v) is 6.62. The minimum atomic E-state index is -0.702. The van der Waals surface area contributed by atoms with E-state index in [1.807, 2.05) is 0 Å². The molecule has 2 saturated heterocycles. The molecule has 1 N–H and O–H groups in total. The van der Waals surface area contributed by atoms with Gasteiger partial charge in [-0.25, -0.2) is 14.5 Å². The number of carbonyl (C=O) groups is 3. The van der Waals surface area contributed by atoms with Crippen molar-refractivity contribution in [3.05, 3.63) is 0 Å². The summed E-state index contributed by atoms with van der Waals surface area (Å²) < 4.78 is 9.31. The van der Waals surface area contributed by atoms with Crippen LogP contribution in [0.5, 0.6) is 0 Å². The van der Waals surface area contributed by atoms with Crippen LogP contribution in [-0.2, 0) is 14.3 Å². The molecule has 0 aromatic rings. The Kier molecular flexibility index (Phi) is 6.19. The van der Waals surface area contributed by atoms with Crippen molar-refractivity contribution in [2.24, 2.45) is 0 Å². The summed E-state index contributed by atoms with van der Waals surface area (Å²) in [6, 6.07) is -0.966. The first-order valence-electron chi connectivity index (χ1n) is 7.09. The Morgan fingerprint density at radius 3 is 2.91 bits per heavy atom. The van der Waals surface area contributed by atoms with Crippen molar-refractivity contribution in [3.8, 4) is 0 Å². The maximum absolute atomic E-state index is 11.9. The Labute approximate surface area is 138 Å². The zero-order valence-electron chi connectivity index (χ0n) is 12.2. The summed E-state index contributed by atoms with van der Waals surface area (Å²) in [5, 5.41) is 3.08. The average molecular weight is 351 g/mol. The molecule has 2 heterocycles. The van der Waals surface area contributed by atoms with Crippen LogP contribution >= 0.6 is 23.4 Å². The first kappa shape index (κ1) is 17.2. The highest BCUT2D eigenvalue weighted by atomic mass is 35.5. The second kappa shape index (κ2) is 7.92. The lowest BCUT2D eigenvalue weighted by Gasteiger charge is -2.18. The van der Waals surface area contributed by atoms with Crippen LogP contribution in [0.1, 0.15) is 25.7 Å². The number of nitrogens with zero attached hydrogens (tertiary/aromatic N) is 1. The fourth-order valence-electron chi connectivity index (χ4n) is 2.78. The third-order valence-electron chi connectivity index (χ3n) is 3.86. The predicted molar refractivity (Wildman–Crippen MR) is 81.9 cm³/mol. The number of alkyl halides is 1. The SMILES string of the molecule is COC(=O)CCCCC1SCC2C1NC(=O)N2C(=O)OCCl. The van der Waals surface area contributed by atoms with Gasteiger partial charge in [-0.05, 0) is 12.8 Å². The van der Waals surface area contributed by atoms with Gasteiger partial charge >= 0.3 is 18.1 Å². The van der Waals surface area contributed by atoms with Crippen molar-refractivity contribution < 1.29 is 23.9 Å². The number of ether oxygens (including phenoxy) is 2. The molecule has 124 valence electrons. The van der Waals surface area contributed by atoms with Crippen molar-refractivity contribution >= 4 is 41.5 Å². The third kappa shape index (κ3) is 3.78. The zero-order valence-corrected chi connectivity index (χ0v) is 13.8. The van der Waals surface area contributed by atoms with Gasteiger partial charge in [0.25, 0.3) is 0 Å². The molecule has 0 radical (unpaired) electrons. The molecule has 3 atom stereocenters. The molecule has 2 fully saturated rings. The van der Waals surface area contributed by atoms with Crippen molar-refractivity contribution in [1.29, 1.82) is 0 Å². The van der Waals surface area contributed by atoms with Gasteiger partial charge in [-0.2, -0.15) is 11.8 Å². The Morgan fingerprint density at radius 2 is 2.23 bits per heavy atom. The van der Waals surface area contributed by atoms with Gasteiger partial charge in [0, 0.05) is 17.4 Å². The molecule has 0 saturated carbocycles. The highest BCUT2D eigenvalue weighted by Crippen LogP contribution is 2.37. The van der Waals surface area contributed by atoms with Crippen LogP contribution in [0, 0.1) is 0 Å². The Morgan fingerprint density at radius 1 is 1.45 bits per heavy atom. The molecule has 3 unspecified atom stereocenters. The van der Waals surface area contributed by atoms with Crippen molar-refractivity contribution in [3.63, 3.8) is 0 Å². The number of unbranched alkanes of at least 4 members (excludes halogenated alkanes) is 1. The number of amides is 3. The third-order valence-corrected chi connectivity index (χ3v) is 5.46. The quantitative estimate of drug-likeness (QED) is 0.341. The summed E-state index contributed by atoms with van der Waals surface area (Å²) in [4.78, 5) is 35.9. The number of imide groups is 1. The highest BCUT2D eigenvalue weighted by Gasteiger charge is 2.50. The smallest absolute Gasteiger partial charge is 0.419 e. The fourth-order valence-corrected chi connectivity index (χ4v) is 4.46. The van der Waals surface area contributed by atoms with Gasteiger partial charge in [0.2, 0.25) is 0 Å². The number of halogens is 1. The maximum atomic E-state index is 11.9. The lowest BCUT2D eigenvalue weighted by atomic mass is 10.0. The van der Waals surface area contributed by atoms with E-state index < -0.39 is 12.1 Å². The first-order valence-corrected chi connectivity index (χ1v) is 8.67. The van der Waals surface area contributed by atoms with E-state index in [4.69, 9.17) is 16.3 Å². The monoisotopic (exact) mass is 350 g/mol. The number of hydrogen-bond acceptors (Lipinski definition) is 6. The number of nitrogens with one attached hydrogen (secondary N) is 1. The minimum absolute atomic E-state index is 0.0708. The number of fused-ring (bicyclic) bond motifs is 1. The number of urea groups is 1. The number of thioether (sulfide) groups is 1. The summed E-state index contributed by atoms with van der Waals surface area (Å²) in [6.07, 6.45) is 2.21. The van der Waals surface area contributed by atoms with Crippen LogP contribution in [0.3, 0.4) is 0 Å². The van der Waals surface area contributed by atoms with E-state index in [0.29, 0.717) is 12.2 Å². The Hall–Kier alpha value is -1.15. The summed E-state index contributed by atoms with van der Waals surface area (Å²) >= 11 is 7.10. The number of esters is 1. The van der Waals surface area contributed by atoms with Crippen molar-refractivity contribution in [2.45, 2.75) is 43.0 Å². The van der Waals surface area contributed by atoms with Crippen molar-refractivity contribution in [2.75, 3.05) is 18.9 Å². The Balaban J connectivity index is 1.82. The summed E-state index contributed by atoms with van der Waals surface area (Å²) in [5.74, 6) is 0.476. The van der Waals surface area contributed by atoms with E-state index in [1.54, 1.807) is 11.8 Å². The topological polar surface area (TPSA) is 84.9 Å². The molecule has 0 bridgehead atoms.